The van der Waals surface area contributed by atoms with Crippen LogP contribution in [0.1, 0.15) is 35.0 Å². The fourth-order valence-corrected chi connectivity index (χ4v) is 3.66. The molecule has 1 aliphatic rings. The zero-order valence-electron chi connectivity index (χ0n) is 13.5. The van der Waals surface area contributed by atoms with E-state index in [4.69, 9.17) is 0 Å². The van der Waals surface area contributed by atoms with Gasteiger partial charge in [0.15, 0.2) is 0 Å². The normalized spacial score (nSPS) is 15.0. The highest BCUT2D eigenvalue weighted by Gasteiger charge is 2.17. The van der Waals surface area contributed by atoms with E-state index < -0.39 is 0 Å². The molecule has 1 saturated heterocycles. The molecule has 3 rings (SSSR count). The van der Waals surface area contributed by atoms with Gasteiger partial charge in [-0.3, -0.25) is 4.79 Å². The highest BCUT2D eigenvalue weighted by molar-refractivity contribution is 7.12. The molecule has 6 heteroatoms. The molecule has 1 aliphatic heterocycles. The van der Waals surface area contributed by atoms with Gasteiger partial charge in [-0.15, -0.1) is 11.3 Å². The summed E-state index contributed by atoms with van der Waals surface area (Å²) >= 11 is 1.49. The Morgan fingerprint density at radius 3 is 2.87 bits per heavy atom. The number of hydrogen-bond acceptors (Lipinski definition) is 5. The monoisotopic (exact) mass is 330 g/mol. The number of thiophene rings is 1. The minimum atomic E-state index is -0.0406. The first-order valence-electron chi connectivity index (χ1n) is 7.95. The van der Waals surface area contributed by atoms with E-state index in [1.807, 2.05) is 23.6 Å². The number of nitrogens with one attached hydrogen (secondary N) is 2. The minimum Gasteiger partial charge on any atom is -0.354 e. The third-order valence-electron chi connectivity index (χ3n) is 3.97. The molecular formula is C17H22N4OS. The summed E-state index contributed by atoms with van der Waals surface area (Å²) in [5.41, 5.74) is 1.89. The third-order valence-corrected chi connectivity index (χ3v) is 4.90. The summed E-state index contributed by atoms with van der Waals surface area (Å²) in [6.45, 7) is 8.01. The topological polar surface area (TPSA) is 57.3 Å². The maximum absolute atomic E-state index is 12.5. The van der Waals surface area contributed by atoms with E-state index in [1.165, 1.54) is 11.3 Å². The summed E-state index contributed by atoms with van der Waals surface area (Å²) in [5, 5.41) is 8.31. The van der Waals surface area contributed by atoms with Gasteiger partial charge in [-0.1, -0.05) is 13.8 Å². The molecule has 0 aromatic carbocycles. The SMILES string of the molecule is CC(C)c1ccsc1C(=O)Nc1ccnc(N2CCNCC2)c1. The summed E-state index contributed by atoms with van der Waals surface area (Å²) in [6, 6.07) is 5.82. The smallest absolute Gasteiger partial charge is 0.266 e. The number of nitrogens with zero attached hydrogens (tertiary/aromatic N) is 2. The largest absolute Gasteiger partial charge is 0.354 e. The van der Waals surface area contributed by atoms with Gasteiger partial charge in [0.2, 0.25) is 0 Å². The van der Waals surface area contributed by atoms with E-state index in [9.17, 15) is 4.79 Å². The summed E-state index contributed by atoms with van der Waals surface area (Å²) in [6.07, 6.45) is 1.75. The summed E-state index contributed by atoms with van der Waals surface area (Å²) in [5.74, 6) is 1.22. The van der Waals surface area contributed by atoms with Gasteiger partial charge in [0.1, 0.15) is 5.82 Å². The zero-order chi connectivity index (χ0) is 16.2. The van der Waals surface area contributed by atoms with Crippen molar-refractivity contribution in [3.05, 3.63) is 40.2 Å². The first-order valence-corrected chi connectivity index (χ1v) is 8.83. The summed E-state index contributed by atoms with van der Waals surface area (Å²) in [4.78, 5) is 20.0. The molecule has 2 aromatic rings. The maximum Gasteiger partial charge on any atom is 0.266 e. The van der Waals surface area contributed by atoms with E-state index in [0.29, 0.717) is 5.92 Å². The van der Waals surface area contributed by atoms with Crippen molar-refractivity contribution in [3.8, 4) is 0 Å². The number of carbonyl (C=O) groups excluding carboxylic acids is 1. The van der Waals surface area contributed by atoms with Crippen LogP contribution in [0.4, 0.5) is 11.5 Å². The van der Waals surface area contributed by atoms with Crippen molar-refractivity contribution in [3.63, 3.8) is 0 Å². The van der Waals surface area contributed by atoms with Crippen LogP contribution in [0.5, 0.6) is 0 Å². The highest BCUT2D eigenvalue weighted by atomic mass is 32.1. The first kappa shape index (κ1) is 16.0. The molecule has 0 unspecified atom stereocenters. The Labute approximate surface area is 140 Å². The van der Waals surface area contributed by atoms with Crippen molar-refractivity contribution in [1.82, 2.24) is 10.3 Å². The average molecular weight is 330 g/mol. The van der Waals surface area contributed by atoms with Gasteiger partial charge >= 0.3 is 0 Å². The van der Waals surface area contributed by atoms with Crippen LogP contribution in [-0.2, 0) is 0 Å². The molecule has 0 saturated carbocycles. The molecule has 2 N–H and O–H groups in total. The highest BCUT2D eigenvalue weighted by Crippen LogP contribution is 2.26. The van der Waals surface area contributed by atoms with Crippen molar-refractivity contribution in [1.29, 1.82) is 0 Å². The Morgan fingerprint density at radius 2 is 2.13 bits per heavy atom. The average Bonchev–Trinajstić information content (AvgIpc) is 3.06. The first-order chi connectivity index (χ1) is 11.1. The van der Waals surface area contributed by atoms with Crippen molar-refractivity contribution in [2.45, 2.75) is 19.8 Å². The number of hydrogen-bond donors (Lipinski definition) is 2. The number of anilines is 2. The van der Waals surface area contributed by atoms with Gasteiger partial charge in [-0.25, -0.2) is 4.98 Å². The molecule has 3 heterocycles. The molecule has 0 bridgehead atoms. The second-order valence-corrected chi connectivity index (χ2v) is 6.87. The predicted molar refractivity (Wildman–Crippen MR) is 95.7 cm³/mol. The number of amides is 1. The molecule has 0 radical (unpaired) electrons. The Hall–Kier alpha value is -1.92. The molecule has 5 nitrogen and oxygen atoms in total. The minimum absolute atomic E-state index is 0.0406. The molecule has 2 aromatic heterocycles. The third kappa shape index (κ3) is 3.71. The molecule has 1 fully saturated rings. The van der Waals surface area contributed by atoms with E-state index in [0.717, 1.165) is 48.1 Å². The summed E-state index contributed by atoms with van der Waals surface area (Å²) < 4.78 is 0. The standard InChI is InChI=1S/C17H22N4OS/c1-12(2)14-4-10-23-16(14)17(22)20-13-3-5-19-15(11-13)21-8-6-18-7-9-21/h3-5,10-12,18H,6-9H2,1-2H3,(H,19,20,22). The summed E-state index contributed by atoms with van der Waals surface area (Å²) in [7, 11) is 0. The Bertz CT molecular complexity index is 677. The van der Waals surface area contributed by atoms with E-state index >= 15 is 0 Å². The van der Waals surface area contributed by atoms with Gasteiger partial charge in [0.05, 0.1) is 4.88 Å². The number of pyridine rings is 1. The van der Waals surface area contributed by atoms with Crippen LogP contribution < -0.4 is 15.5 Å². The maximum atomic E-state index is 12.5. The van der Waals surface area contributed by atoms with Crippen molar-refractivity contribution in [2.75, 3.05) is 36.4 Å². The van der Waals surface area contributed by atoms with E-state index in [-0.39, 0.29) is 5.91 Å². The van der Waals surface area contributed by atoms with Crippen LogP contribution >= 0.6 is 11.3 Å². The fourth-order valence-electron chi connectivity index (χ4n) is 2.71. The van der Waals surface area contributed by atoms with E-state index in [2.05, 4.69) is 34.4 Å². The van der Waals surface area contributed by atoms with Crippen LogP contribution in [0, 0.1) is 0 Å². The zero-order valence-corrected chi connectivity index (χ0v) is 14.3. The second-order valence-electron chi connectivity index (χ2n) is 5.95. The quantitative estimate of drug-likeness (QED) is 0.905. The van der Waals surface area contributed by atoms with Gasteiger partial charge in [0.25, 0.3) is 5.91 Å². The predicted octanol–water partition coefficient (Wildman–Crippen LogP) is 2.93. The van der Waals surface area contributed by atoms with Crippen molar-refractivity contribution in [2.24, 2.45) is 0 Å². The lowest BCUT2D eigenvalue weighted by Crippen LogP contribution is -2.43. The van der Waals surface area contributed by atoms with Crippen LogP contribution in [0.3, 0.4) is 0 Å². The number of aromatic nitrogens is 1. The number of carbonyl (C=O) groups is 1. The van der Waals surface area contributed by atoms with Crippen LogP contribution in [-0.4, -0.2) is 37.1 Å². The van der Waals surface area contributed by atoms with Gasteiger partial charge in [0, 0.05) is 44.1 Å². The lowest BCUT2D eigenvalue weighted by atomic mass is 10.0. The molecule has 122 valence electrons. The lowest BCUT2D eigenvalue weighted by Gasteiger charge is -2.28. The molecule has 23 heavy (non-hydrogen) atoms. The van der Waals surface area contributed by atoms with Gasteiger partial charge in [-0.05, 0) is 29.0 Å². The van der Waals surface area contributed by atoms with Crippen LogP contribution in [0.25, 0.3) is 0 Å². The van der Waals surface area contributed by atoms with Crippen molar-refractivity contribution < 1.29 is 4.79 Å². The van der Waals surface area contributed by atoms with Crippen LogP contribution in [0.2, 0.25) is 0 Å². The Kier molecular flexibility index (Phi) is 4.93. The molecule has 0 aliphatic carbocycles. The molecule has 0 atom stereocenters. The Morgan fingerprint density at radius 1 is 1.35 bits per heavy atom. The van der Waals surface area contributed by atoms with Gasteiger partial charge < -0.3 is 15.5 Å². The number of rotatable bonds is 4. The number of piperazine rings is 1. The fraction of sp³-hybridized carbons (Fsp3) is 0.412. The van der Waals surface area contributed by atoms with Crippen molar-refractivity contribution >= 4 is 28.7 Å². The lowest BCUT2D eigenvalue weighted by molar-refractivity contribution is 0.102. The molecular weight excluding hydrogens is 308 g/mol. The van der Waals surface area contributed by atoms with Crippen LogP contribution in [0.15, 0.2) is 29.8 Å². The molecule has 1 amide bonds. The Balaban J connectivity index is 1.74. The second kappa shape index (κ2) is 7.10. The van der Waals surface area contributed by atoms with Gasteiger partial charge in [-0.2, -0.15) is 0 Å². The molecule has 0 spiro atoms. The van der Waals surface area contributed by atoms with E-state index in [1.54, 1.807) is 6.20 Å².